The first-order valence-corrected chi connectivity index (χ1v) is 11.6. The summed E-state index contributed by atoms with van der Waals surface area (Å²) in [4.78, 5) is 12.9. The molecule has 0 amide bonds. The molecule has 0 unspecified atom stereocenters. The van der Waals surface area contributed by atoms with E-state index in [1.807, 2.05) is 37.3 Å². The molecule has 0 radical (unpaired) electrons. The predicted octanol–water partition coefficient (Wildman–Crippen LogP) is 4.28. The minimum atomic E-state index is -3.85. The van der Waals surface area contributed by atoms with Crippen molar-refractivity contribution >= 4 is 22.1 Å². The lowest BCUT2D eigenvalue weighted by Gasteiger charge is -2.30. The van der Waals surface area contributed by atoms with Crippen LogP contribution < -0.4 is 9.46 Å². The van der Waals surface area contributed by atoms with Crippen LogP contribution in [0, 0.1) is 6.92 Å². The molecule has 3 aromatic carbocycles. The van der Waals surface area contributed by atoms with Crippen molar-refractivity contribution in [3.63, 3.8) is 0 Å². The van der Waals surface area contributed by atoms with Crippen LogP contribution in [0.1, 0.15) is 33.1 Å². The zero-order valence-corrected chi connectivity index (χ0v) is 18.5. The number of aryl methyl sites for hydroxylation is 1. The molecule has 32 heavy (non-hydrogen) atoms. The molecule has 0 saturated heterocycles. The third-order valence-corrected chi connectivity index (χ3v) is 6.76. The van der Waals surface area contributed by atoms with Crippen LogP contribution in [0.5, 0.6) is 5.75 Å². The highest BCUT2D eigenvalue weighted by atomic mass is 32.2. The lowest BCUT2D eigenvalue weighted by atomic mass is 9.91. The summed E-state index contributed by atoms with van der Waals surface area (Å²) in [5, 5.41) is 0. The van der Waals surface area contributed by atoms with Crippen LogP contribution in [0.25, 0.3) is 6.08 Å². The van der Waals surface area contributed by atoms with Gasteiger partial charge in [-0.15, -0.1) is 0 Å². The van der Waals surface area contributed by atoms with E-state index in [0.717, 1.165) is 16.7 Å². The summed E-state index contributed by atoms with van der Waals surface area (Å²) in [7, 11) is -2.31. The smallest absolute Gasteiger partial charge is 0.338 e. The zero-order valence-electron chi connectivity index (χ0n) is 17.7. The molecule has 1 aliphatic carbocycles. The monoisotopic (exact) mass is 449 g/mol. The summed E-state index contributed by atoms with van der Waals surface area (Å²) in [5.74, 6) is 0.0676. The number of hydrogen-bond donors (Lipinski definition) is 1. The SMILES string of the molecule is COc1ccc(C(=O)O[C@@H]2C=Cc3ccccc3[C@@H]2NS(=O)(=O)c2ccc(C)cc2)cc1. The third-order valence-electron chi connectivity index (χ3n) is 5.31. The number of ether oxygens (including phenoxy) is 2. The highest BCUT2D eigenvalue weighted by Crippen LogP contribution is 2.32. The molecule has 1 N–H and O–H groups in total. The van der Waals surface area contributed by atoms with Crippen molar-refractivity contribution in [2.45, 2.75) is 24.0 Å². The molecule has 6 nitrogen and oxygen atoms in total. The van der Waals surface area contributed by atoms with Crippen LogP contribution in [-0.4, -0.2) is 27.6 Å². The van der Waals surface area contributed by atoms with Gasteiger partial charge in [0.25, 0.3) is 0 Å². The molecule has 164 valence electrons. The lowest BCUT2D eigenvalue weighted by molar-refractivity contribution is 0.0333. The average Bonchev–Trinajstić information content (AvgIpc) is 2.80. The van der Waals surface area contributed by atoms with Crippen molar-refractivity contribution in [2.24, 2.45) is 0 Å². The average molecular weight is 450 g/mol. The lowest BCUT2D eigenvalue weighted by Crippen LogP contribution is -2.39. The van der Waals surface area contributed by atoms with E-state index in [1.54, 1.807) is 61.7 Å². The molecule has 7 heteroatoms. The Bertz CT molecular complexity index is 1250. The second-order valence-electron chi connectivity index (χ2n) is 7.50. The molecule has 0 bridgehead atoms. The van der Waals surface area contributed by atoms with E-state index in [0.29, 0.717) is 11.3 Å². The Labute approximate surface area is 187 Å². The van der Waals surface area contributed by atoms with Gasteiger partial charge in [0.15, 0.2) is 0 Å². The molecule has 0 aliphatic heterocycles. The maximum atomic E-state index is 13.1. The van der Waals surface area contributed by atoms with E-state index in [4.69, 9.17) is 9.47 Å². The number of nitrogens with one attached hydrogen (secondary N) is 1. The van der Waals surface area contributed by atoms with Crippen LogP contribution in [-0.2, 0) is 14.8 Å². The van der Waals surface area contributed by atoms with Crippen LogP contribution in [0.15, 0.2) is 83.8 Å². The van der Waals surface area contributed by atoms with Crippen molar-refractivity contribution in [1.82, 2.24) is 4.72 Å². The Morgan fingerprint density at radius 1 is 0.938 bits per heavy atom. The number of esters is 1. The minimum Gasteiger partial charge on any atom is -0.497 e. The summed E-state index contributed by atoms with van der Waals surface area (Å²) in [6, 6.07) is 19.8. The van der Waals surface area contributed by atoms with E-state index in [1.165, 1.54) is 0 Å². The van der Waals surface area contributed by atoms with Crippen molar-refractivity contribution in [2.75, 3.05) is 7.11 Å². The van der Waals surface area contributed by atoms with Crippen LogP contribution >= 0.6 is 0 Å². The van der Waals surface area contributed by atoms with Gasteiger partial charge in [0.1, 0.15) is 11.9 Å². The quantitative estimate of drug-likeness (QED) is 0.568. The van der Waals surface area contributed by atoms with E-state index in [2.05, 4.69) is 4.72 Å². The maximum Gasteiger partial charge on any atom is 0.338 e. The van der Waals surface area contributed by atoms with Gasteiger partial charge in [-0.3, -0.25) is 0 Å². The molecule has 0 aromatic heterocycles. The highest BCUT2D eigenvalue weighted by molar-refractivity contribution is 7.89. The van der Waals surface area contributed by atoms with Crippen molar-refractivity contribution < 1.29 is 22.7 Å². The topological polar surface area (TPSA) is 81.7 Å². The minimum absolute atomic E-state index is 0.148. The number of benzene rings is 3. The van der Waals surface area contributed by atoms with Gasteiger partial charge < -0.3 is 9.47 Å². The standard InChI is InChI=1S/C25H23NO5S/c1-17-7-14-21(15-8-17)32(28,29)26-24-22-6-4-3-5-18(22)11-16-23(24)31-25(27)19-9-12-20(30-2)13-10-19/h3-16,23-24,26H,1-2H3/t23-,24+/m1/s1. The second-order valence-corrected chi connectivity index (χ2v) is 9.21. The van der Waals surface area contributed by atoms with Gasteiger partial charge in [-0.2, -0.15) is 4.72 Å². The zero-order chi connectivity index (χ0) is 22.7. The van der Waals surface area contributed by atoms with Crippen LogP contribution in [0.2, 0.25) is 0 Å². The van der Waals surface area contributed by atoms with Gasteiger partial charge in [-0.1, -0.05) is 48.0 Å². The van der Waals surface area contributed by atoms with Gasteiger partial charge in [-0.05, 0) is 60.5 Å². The molecule has 0 heterocycles. The normalized spacial score (nSPS) is 17.4. The molecule has 0 fully saturated rings. The first-order valence-electron chi connectivity index (χ1n) is 10.1. The third kappa shape index (κ3) is 4.59. The first kappa shape index (κ1) is 21.8. The van der Waals surface area contributed by atoms with E-state index in [-0.39, 0.29) is 4.90 Å². The Kier molecular flexibility index (Phi) is 6.12. The summed E-state index contributed by atoms with van der Waals surface area (Å²) < 4.78 is 39.8. The molecule has 0 saturated carbocycles. The Morgan fingerprint density at radius 2 is 1.62 bits per heavy atom. The van der Waals surface area contributed by atoms with Crippen molar-refractivity contribution in [1.29, 1.82) is 0 Å². The highest BCUT2D eigenvalue weighted by Gasteiger charge is 2.33. The first-order chi connectivity index (χ1) is 15.4. The van der Waals surface area contributed by atoms with Crippen molar-refractivity contribution in [3.8, 4) is 5.75 Å². The fourth-order valence-electron chi connectivity index (χ4n) is 3.54. The molecular formula is C25H23NO5S. The fraction of sp³-hybridized carbons (Fsp3) is 0.160. The van der Waals surface area contributed by atoms with E-state index in [9.17, 15) is 13.2 Å². The summed E-state index contributed by atoms with van der Waals surface area (Å²) in [5.41, 5.74) is 2.90. The number of carbonyl (C=O) groups excluding carboxylic acids is 1. The van der Waals surface area contributed by atoms with Gasteiger partial charge >= 0.3 is 5.97 Å². The number of sulfonamides is 1. The summed E-state index contributed by atoms with van der Waals surface area (Å²) >= 11 is 0. The number of methoxy groups -OCH3 is 1. The number of fused-ring (bicyclic) bond motifs is 1. The van der Waals surface area contributed by atoms with Crippen LogP contribution in [0.4, 0.5) is 0 Å². The number of hydrogen-bond acceptors (Lipinski definition) is 5. The van der Waals surface area contributed by atoms with Gasteiger partial charge in [0.2, 0.25) is 10.0 Å². The predicted molar refractivity (Wildman–Crippen MR) is 122 cm³/mol. The van der Waals surface area contributed by atoms with Gasteiger partial charge in [0, 0.05) is 0 Å². The molecule has 4 rings (SSSR count). The van der Waals surface area contributed by atoms with E-state index >= 15 is 0 Å². The summed E-state index contributed by atoms with van der Waals surface area (Å²) in [6.45, 7) is 1.89. The Balaban J connectivity index is 1.63. The van der Waals surface area contributed by atoms with Crippen molar-refractivity contribution in [3.05, 3.63) is 101 Å². The number of rotatable bonds is 6. The van der Waals surface area contributed by atoms with Gasteiger partial charge in [-0.25, -0.2) is 13.2 Å². The molecule has 1 aliphatic rings. The Morgan fingerprint density at radius 3 is 2.31 bits per heavy atom. The number of carbonyl (C=O) groups is 1. The van der Waals surface area contributed by atoms with Gasteiger partial charge in [0.05, 0.1) is 23.6 Å². The molecule has 3 aromatic rings. The summed E-state index contributed by atoms with van der Waals surface area (Å²) in [6.07, 6.45) is 2.71. The van der Waals surface area contributed by atoms with Crippen LogP contribution in [0.3, 0.4) is 0 Å². The fourth-order valence-corrected chi connectivity index (χ4v) is 4.77. The maximum absolute atomic E-state index is 13.1. The molecular weight excluding hydrogens is 426 g/mol. The second kappa shape index (κ2) is 8.98. The largest absolute Gasteiger partial charge is 0.497 e. The van der Waals surface area contributed by atoms with E-state index < -0.39 is 28.1 Å². The molecule has 2 atom stereocenters. The Hall–Kier alpha value is -3.42. The molecule has 0 spiro atoms.